The van der Waals surface area contributed by atoms with Gasteiger partial charge in [0.2, 0.25) is 0 Å². The number of carbonyl (C=O) groups excluding carboxylic acids is 1. The molecule has 2 rings (SSSR count). The molecule has 0 fully saturated rings. The van der Waals surface area contributed by atoms with Gasteiger partial charge in [-0.3, -0.25) is 9.78 Å². The van der Waals surface area contributed by atoms with E-state index < -0.39 is 5.91 Å². The molecule has 0 aliphatic heterocycles. The van der Waals surface area contributed by atoms with Gasteiger partial charge in [0.05, 0.1) is 0 Å². The molecule has 92 valence electrons. The van der Waals surface area contributed by atoms with Crippen molar-refractivity contribution in [2.45, 2.75) is 13.8 Å². The number of amides is 1. The Bertz CT molecular complexity index is 594. The highest BCUT2D eigenvalue weighted by Crippen LogP contribution is 2.23. The van der Waals surface area contributed by atoms with Crippen molar-refractivity contribution in [3.8, 4) is 11.5 Å². The number of primary amides is 1. The molecule has 1 aromatic carbocycles. The highest BCUT2D eigenvalue weighted by atomic mass is 16.5. The fraction of sp³-hybridized carbons (Fsp3) is 0.143. The Hall–Kier alpha value is -2.36. The largest absolute Gasteiger partial charge is 0.457 e. The summed E-state index contributed by atoms with van der Waals surface area (Å²) in [4.78, 5) is 14.9. The second kappa shape index (κ2) is 4.87. The van der Waals surface area contributed by atoms with Crippen LogP contribution in [0.4, 0.5) is 0 Å². The molecule has 1 heterocycles. The van der Waals surface area contributed by atoms with E-state index in [9.17, 15) is 4.79 Å². The van der Waals surface area contributed by atoms with E-state index in [0.29, 0.717) is 5.75 Å². The van der Waals surface area contributed by atoms with Gasteiger partial charge < -0.3 is 10.5 Å². The van der Waals surface area contributed by atoms with Crippen LogP contribution in [0.25, 0.3) is 0 Å². The number of hydrogen-bond acceptors (Lipinski definition) is 3. The van der Waals surface area contributed by atoms with E-state index in [4.69, 9.17) is 10.5 Å². The van der Waals surface area contributed by atoms with E-state index in [1.54, 1.807) is 6.07 Å². The predicted octanol–water partition coefficient (Wildman–Crippen LogP) is 2.59. The van der Waals surface area contributed by atoms with Crippen molar-refractivity contribution >= 4 is 5.91 Å². The molecule has 0 atom stereocenters. The van der Waals surface area contributed by atoms with Crippen LogP contribution in [0.5, 0.6) is 11.5 Å². The van der Waals surface area contributed by atoms with Gasteiger partial charge in [-0.2, -0.15) is 0 Å². The van der Waals surface area contributed by atoms with Crippen LogP contribution in [0.3, 0.4) is 0 Å². The Morgan fingerprint density at radius 3 is 2.50 bits per heavy atom. The number of pyridine rings is 1. The normalized spacial score (nSPS) is 10.1. The first-order valence-electron chi connectivity index (χ1n) is 5.57. The Labute approximate surface area is 105 Å². The summed E-state index contributed by atoms with van der Waals surface area (Å²) in [5.74, 6) is 0.697. The van der Waals surface area contributed by atoms with Crippen molar-refractivity contribution in [2.75, 3.05) is 0 Å². The smallest absolute Gasteiger partial charge is 0.267 e. The Morgan fingerprint density at radius 1 is 1.11 bits per heavy atom. The molecule has 18 heavy (non-hydrogen) atoms. The first-order valence-corrected chi connectivity index (χ1v) is 5.57. The molecule has 4 heteroatoms. The van der Waals surface area contributed by atoms with E-state index >= 15 is 0 Å². The van der Waals surface area contributed by atoms with Crippen molar-refractivity contribution in [1.29, 1.82) is 0 Å². The monoisotopic (exact) mass is 242 g/mol. The topological polar surface area (TPSA) is 65.2 Å². The fourth-order valence-corrected chi connectivity index (χ4v) is 1.52. The van der Waals surface area contributed by atoms with Crippen LogP contribution in [-0.4, -0.2) is 10.9 Å². The van der Waals surface area contributed by atoms with Gasteiger partial charge in [0.15, 0.2) is 0 Å². The summed E-state index contributed by atoms with van der Waals surface area (Å²) < 4.78 is 5.66. The van der Waals surface area contributed by atoms with Gasteiger partial charge in [0, 0.05) is 12.3 Å². The second-order valence-corrected chi connectivity index (χ2v) is 4.09. The minimum absolute atomic E-state index is 0.191. The highest BCUT2D eigenvalue weighted by molar-refractivity contribution is 5.91. The summed E-state index contributed by atoms with van der Waals surface area (Å²) in [7, 11) is 0. The Balaban J connectivity index is 2.25. The third-order valence-electron chi connectivity index (χ3n) is 2.70. The van der Waals surface area contributed by atoms with Crippen LogP contribution in [0.1, 0.15) is 21.6 Å². The average Bonchev–Trinajstić information content (AvgIpc) is 2.34. The Kier molecular flexibility index (Phi) is 3.28. The molecule has 1 aromatic heterocycles. The lowest BCUT2D eigenvalue weighted by atomic mass is 10.1. The number of nitrogens with two attached hydrogens (primary N) is 1. The van der Waals surface area contributed by atoms with E-state index in [2.05, 4.69) is 4.98 Å². The lowest BCUT2D eigenvalue weighted by molar-refractivity contribution is 0.0995. The zero-order valence-electron chi connectivity index (χ0n) is 10.3. The minimum atomic E-state index is -0.569. The predicted molar refractivity (Wildman–Crippen MR) is 68.7 cm³/mol. The van der Waals surface area contributed by atoms with Gasteiger partial charge >= 0.3 is 0 Å². The molecule has 0 saturated heterocycles. The van der Waals surface area contributed by atoms with Crippen molar-refractivity contribution < 1.29 is 9.53 Å². The van der Waals surface area contributed by atoms with Gasteiger partial charge in [-0.05, 0) is 43.2 Å². The molecule has 2 N–H and O–H groups in total. The third kappa shape index (κ3) is 2.66. The molecule has 4 nitrogen and oxygen atoms in total. The summed E-state index contributed by atoms with van der Waals surface area (Å²) in [6.45, 7) is 4.06. The number of carbonyl (C=O) groups is 1. The van der Waals surface area contributed by atoms with Crippen molar-refractivity contribution in [3.05, 3.63) is 53.3 Å². The van der Waals surface area contributed by atoms with Gasteiger partial charge in [-0.15, -0.1) is 0 Å². The number of aryl methyl sites for hydroxylation is 2. The summed E-state index contributed by atoms with van der Waals surface area (Å²) in [6.07, 6.45) is 1.50. The quantitative estimate of drug-likeness (QED) is 0.899. The number of nitrogens with zero attached hydrogens (tertiary/aromatic N) is 1. The molecule has 0 saturated carbocycles. The van der Waals surface area contributed by atoms with Gasteiger partial charge in [0.1, 0.15) is 17.2 Å². The minimum Gasteiger partial charge on any atom is -0.457 e. The first-order chi connectivity index (χ1) is 8.56. The molecular weight excluding hydrogens is 228 g/mol. The van der Waals surface area contributed by atoms with Crippen molar-refractivity contribution in [1.82, 2.24) is 4.98 Å². The number of ether oxygens (including phenoxy) is 1. The highest BCUT2D eigenvalue weighted by Gasteiger charge is 2.05. The Morgan fingerprint density at radius 2 is 1.83 bits per heavy atom. The number of hydrogen-bond donors (Lipinski definition) is 1. The summed E-state index contributed by atoms with van der Waals surface area (Å²) in [6, 6.07) is 9.02. The van der Waals surface area contributed by atoms with Gasteiger partial charge in [-0.1, -0.05) is 6.07 Å². The number of rotatable bonds is 3. The molecule has 0 spiro atoms. The molecule has 1 amide bonds. The summed E-state index contributed by atoms with van der Waals surface area (Å²) in [5, 5.41) is 0. The maximum Gasteiger partial charge on any atom is 0.267 e. The zero-order valence-corrected chi connectivity index (χ0v) is 10.3. The van der Waals surface area contributed by atoms with Crippen molar-refractivity contribution in [3.63, 3.8) is 0 Å². The maximum absolute atomic E-state index is 11.0. The van der Waals surface area contributed by atoms with Gasteiger partial charge in [-0.25, -0.2) is 0 Å². The van der Waals surface area contributed by atoms with E-state index in [1.165, 1.54) is 17.8 Å². The molecule has 0 unspecified atom stereocenters. The van der Waals surface area contributed by atoms with Crippen LogP contribution in [0.15, 0.2) is 36.5 Å². The standard InChI is InChI=1S/C14H14N2O2/c1-9-3-4-11(7-10(9)2)18-12-5-6-16-13(8-12)14(15)17/h3-8H,1-2H3,(H2,15,17). The SMILES string of the molecule is Cc1ccc(Oc2ccnc(C(N)=O)c2)cc1C. The molecule has 0 bridgehead atoms. The molecular formula is C14H14N2O2. The fourth-order valence-electron chi connectivity index (χ4n) is 1.52. The van der Waals surface area contributed by atoms with Crippen LogP contribution >= 0.6 is 0 Å². The van der Waals surface area contributed by atoms with E-state index in [-0.39, 0.29) is 5.69 Å². The summed E-state index contributed by atoms with van der Waals surface area (Å²) in [5.41, 5.74) is 7.71. The summed E-state index contributed by atoms with van der Waals surface area (Å²) >= 11 is 0. The van der Waals surface area contributed by atoms with E-state index in [1.807, 2.05) is 32.0 Å². The average molecular weight is 242 g/mol. The number of benzene rings is 1. The molecule has 0 aliphatic rings. The van der Waals surface area contributed by atoms with Crippen LogP contribution in [0.2, 0.25) is 0 Å². The zero-order chi connectivity index (χ0) is 13.1. The molecule has 0 radical (unpaired) electrons. The van der Waals surface area contributed by atoms with Crippen LogP contribution < -0.4 is 10.5 Å². The number of aromatic nitrogens is 1. The van der Waals surface area contributed by atoms with Crippen LogP contribution in [0, 0.1) is 13.8 Å². The molecule has 2 aromatic rings. The van der Waals surface area contributed by atoms with E-state index in [0.717, 1.165) is 11.3 Å². The first kappa shape index (κ1) is 12.1. The van der Waals surface area contributed by atoms with Crippen molar-refractivity contribution in [2.24, 2.45) is 5.73 Å². The third-order valence-corrected chi connectivity index (χ3v) is 2.70. The lowest BCUT2D eigenvalue weighted by Crippen LogP contribution is -2.12. The maximum atomic E-state index is 11.0. The lowest BCUT2D eigenvalue weighted by Gasteiger charge is -2.08. The van der Waals surface area contributed by atoms with Gasteiger partial charge in [0.25, 0.3) is 5.91 Å². The second-order valence-electron chi connectivity index (χ2n) is 4.09. The van der Waals surface area contributed by atoms with Crippen LogP contribution in [-0.2, 0) is 0 Å². The molecule has 0 aliphatic carbocycles.